The number of aromatic amines is 1. The molecule has 0 radical (unpaired) electrons. The third-order valence-electron chi connectivity index (χ3n) is 2.74. The molecule has 0 aliphatic carbocycles. The zero-order valence-electron chi connectivity index (χ0n) is 8.61. The van der Waals surface area contributed by atoms with E-state index < -0.39 is 0 Å². The van der Waals surface area contributed by atoms with E-state index in [0.29, 0.717) is 5.88 Å². The maximum absolute atomic E-state index is 5.81. The first-order valence-electron chi connectivity index (χ1n) is 5.21. The summed E-state index contributed by atoms with van der Waals surface area (Å²) in [6.07, 6.45) is 2.62. The van der Waals surface area contributed by atoms with Crippen molar-refractivity contribution in [2.75, 3.05) is 0 Å². The van der Waals surface area contributed by atoms with E-state index in [4.69, 9.17) is 16.3 Å². The largest absolute Gasteiger partial charge is 0.482 e. The summed E-state index contributed by atoms with van der Waals surface area (Å²) in [4.78, 5) is 7.46. The highest BCUT2D eigenvalue weighted by Gasteiger charge is 2.25. The second kappa shape index (κ2) is 3.83. The maximum atomic E-state index is 5.81. The van der Waals surface area contributed by atoms with Crippen molar-refractivity contribution in [1.29, 1.82) is 0 Å². The number of nitrogens with one attached hydrogen (secondary N) is 1. The van der Waals surface area contributed by atoms with Crippen LogP contribution in [0.5, 0.6) is 5.75 Å². The Bertz CT molecular complexity index is 484. The van der Waals surface area contributed by atoms with Gasteiger partial charge >= 0.3 is 0 Å². The third kappa shape index (κ3) is 1.57. The molecule has 0 amide bonds. The molecule has 1 unspecified atom stereocenters. The number of alkyl halides is 1. The van der Waals surface area contributed by atoms with Crippen molar-refractivity contribution in [3.8, 4) is 5.75 Å². The lowest BCUT2D eigenvalue weighted by Gasteiger charge is -2.06. The summed E-state index contributed by atoms with van der Waals surface area (Å²) in [6, 6.07) is 8.08. The highest BCUT2D eigenvalue weighted by molar-refractivity contribution is 6.16. The first-order chi connectivity index (χ1) is 7.86. The van der Waals surface area contributed by atoms with Crippen LogP contribution in [-0.2, 0) is 12.3 Å². The number of H-pyrrole nitrogens is 1. The number of benzene rings is 1. The summed E-state index contributed by atoms with van der Waals surface area (Å²) < 4.78 is 5.81. The van der Waals surface area contributed by atoms with E-state index in [1.165, 1.54) is 5.56 Å². The average Bonchev–Trinajstić information content (AvgIpc) is 2.95. The van der Waals surface area contributed by atoms with E-state index in [-0.39, 0.29) is 6.10 Å². The van der Waals surface area contributed by atoms with Crippen LogP contribution in [0.2, 0.25) is 0 Å². The molecular formula is C12H11ClN2O. The number of hydrogen-bond donors (Lipinski definition) is 1. The molecule has 2 heterocycles. The summed E-state index contributed by atoms with van der Waals surface area (Å²) in [5, 5.41) is 0. The fourth-order valence-electron chi connectivity index (χ4n) is 1.94. The number of ether oxygens (including phenoxy) is 1. The second-order valence-electron chi connectivity index (χ2n) is 3.85. The Morgan fingerprint density at radius 1 is 1.44 bits per heavy atom. The number of para-hydroxylation sites is 1. The zero-order valence-corrected chi connectivity index (χ0v) is 9.37. The Balaban J connectivity index is 1.85. The van der Waals surface area contributed by atoms with E-state index in [1.54, 1.807) is 6.20 Å². The second-order valence-corrected chi connectivity index (χ2v) is 4.11. The molecule has 0 bridgehead atoms. The summed E-state index contributed by atoms with van der Waals surface area (Å²) in [5.41, 5.74) is 2.16. The molecule has 4 heteroatoms. The molecule has 1 aliphatic rings. The number of imidazole rings is 1. The van der Waals surface area contributed by atoms with Crippen molar-refractivity contribution < 1.29 is 4.74 Å². The number of nitrogens with zero attached hydrogens (tertiary/aromatic N) is 1. The SMILES string of the molecule is ClCc1cnc(C2Cc3ccccc3O2)[nH]1. The molecule has 16 heavy (non-hydrogen) atoms. The van der Waals surface area contributed by atoms with Gasteiger partial charge in [-0.15, -0.1) is 11.6 Å². The van der Waals surface area contributed by atoms with Gasteiger partial charge < -0.3 is 9.72 Å². The smallest absolute Gasteiger partial charge is 0.160 e. The molecule has 1 atom stereocenters. The molecule has 0 fully saturated rings. The van der Waals surface area contributed by atoms with Gasteiger partial charge in [0.2, 0.25) is 0 Å². The molecule has 1 aromatic carbocycles. The normalized spacial score (nSPS) is 18.2. The van der Waals surface area contributed by atoms with Crippen LogP contribution < -0.4 is 4.74 Å². The molecule has 1 N–H and O–H groups in total. The summed E-state index contributed by atoms with van der Waals surface area (Å²) >= 11 is 5.72. The Morgan fingerprint density at radius 2 is 2.31 bits per heavy atom. The summed E-state index contributed by atoms with van der Waals surface area (Å²) in [5.74, 6) is 2.26. The minimum absolute atomic E-state index is 0.00522. The van der Waals surface area contributed by atoms with Gasteiger partial charge in [-0.1, -0.05) is 18.2 Å². The lowest BCUT2D eigenvalue weighted by atomic mass is 10.1. The fraction of sp³-hybridized carbons (Fsp3) is 0.250. The van der Waals surface area contributed by atoms with E-state index in [1.807, 2.05) is 18.2 Å². The van der Waals surface area contributed by atoms with Crippen LogP contribution in [0.1, 0.15) is 23.2 Å². The molecule has 0 saturated carbocycles. The van der Waals surface area contributed by atoms with Gasteiger partial charge in [-0.2, -0.15) is 0 Å². The van der Waals surface area contributed by atoms with E-state index in [0.717, 1.165) is 23.7 Å². The van der Waals surface area contributed by atoms with Gasteiger partial charge in [-0.05, 0) is 11.6 Å². The minimum atomic E-state index is -0.00522. The highest BCUT2D eigenvalue weighted by Crippen LogP contribution is 2.35. The Kier molecular flexibility index (Phi) is 2.33. The number of hydrogen-bond acceptors (Lipinski definition) is 2. The molecule has 0 saturated heterocycles. The number of halogens is 1. The van der Waals surface area contributed by atoms with E-state index >= 15 is 0 Å². The van der Waals surface area contributed by atoms with Crippen LogP contribution in [0, 0.1) is 0 Å². The van der Waals surface area contributed by atoms with Gasteiger partial charge in [0.15, 0.2) is 6.10 Å². The van der Waals surface area contributed by atoms with Gasteiger partial charge in [0.1, 0.15) is 11.6 Å². The van der Waals surface area contributed by atoms with Crippen molar-refractivity contribution in [2.24, 2.45) is 0 Å². The molecule has 2 aromatic rings. The molecule has 3 nitrogen and oxygen atoms in total. The number of aromatic nitrogens is 2. The topological polar surface area (TPSA) is 37.9 Å². The predicted octanol–water partition coefficient (Wildman–Crippen LogP) is 2.82. The van der Waals surface area contributed by atoms with Crippen LogP contribution in [0.3, 0.4) is 0 Å². The van der Waals surface area contributed by atoms with Crippen molar-refractivity contribution in [1.82, 2.24) is 9.97 Å². The van der Waals surface area contributed by atoms with Crippen molar-refractivity contribution >= 4 is 11.6 Å². The third-order valence-corrected chi connectivity index (χ3v) is 3.03. The van der Waals surface area contributed by atoms with Gasteiger partial charge in [0.05, 0.1) is 5.88 Å². The van der Waals surface area contributed by atoms with Crippen LogP contribution in [0.15, 0.2) is 30.5 Å². The van der Waals surface area contributed by atoms with Gasteiger partial charge in [0.25, 0.3) is 0 Å². The highest BCUT2D eigenvalue weighted by atomic mass is 35.5. The predicted molar refractivity (Wildman–Crippen MR) is 61.7 cm³/mol. The van der Waals surface area contributed by atoms with Crippen molar-refractivity contribution in [3.05, 3.63) is 47.5 Å². The maximum Gasteiger partial charge on any atom is 0.160 e. The van der Waals surface area contributed by atoms with Gasteiger partial charge in [-0.3, -0.25) is 0 Å². The fourth-order valence-corrected chi connectivity index (χ4v) is 2.08. The molecule has 0 spiro atoms. The van der Waals surface area contributed by atoms with Gasteiger partial charge in [-0.25, -0.2) is 4.98 Å². The number of fused-ring (bicyclic) bond motifs is 1. The Morgan fingerprint density at radius 3 is 3.06 bits per heavy atom. The Hall–Kier alpha value is -1.48. The van der Waals surface area contributed by atoms with Crippen molar-refractivity contribution in [2.45, 2.75) is 18.4 Å². The molecule has 1 aliphatic heterocycles. The van der Waals surface area contributed by atoms with Crippen molar-refractivity contribution in [3.63, 3.8) is 0 Å². The lowest BCUT2D eigenvalue weighted by Crippen LogP contribution is -2.05. The first-order valence-corrected chi connectivity index (χ1v) is 5.74. The number of rotatable bonds is 2. The first kappa shape index (κ1) is 9.73. The van der Waals surface area contributed by atoms with E-state index in [9.17, 15) is 0 Å². The molecule has 1 aromatic heterocycles. The zero-order chi connectivity index (χ0) is 11.0. The van der Waals surface area contributed by atoms with Gasteiger partial charge in [0, 0.05) is 18.3 Å². The summed E-state index contributed by atoms with van der Waals surface area (Å²) in [6.45, 7) is 0. The molecule has 82 valence electrons. The molecule has 3 rings (SSSR count). The van der Waals surface area contributed by atoms with E-state index in [2.05, 4.69) is 16.0 Å². The standard InChI is InChI=1S/C12H11ClN2O/c13-6-9-7-14-12(15-9)11-5-8-3-1-2-4-10(8)16-11/h1-4,7,11H,5-6H2,(H,14,15). The quantitative estimate of drug-likeness (QED) is 0.812. The monoisotopic (exact) mass is 234 g/mol. The van der Waals surface area contributed by atoms with Crippen LogP contribution in [0.25, 0.3) is 0 Å². The van der Waals surface area contributed by atoms with Crippen LogP contribution in [0.4, 0.5) is 0 Å². The minimum Gasteiger partial charge on any atom is -0.482 e. The molecular weight excluding hydrogens is 224 g/mol. The Labute approximate surface area is 98.4 Å². The van der Waals surface area contributed by atoms with Crippen LogP contribution in [-0.4, -0.2) is 9.97 Å². The average molecular weight is 235 g/mol. The lowest BCUT2D eigenvalue weighted by molar-refractivity contribution is 0.228. The van der Waals surface area contributed by atoms with Crippen LogP contribution >= 0.6 is 11.6 Å². The summed E-state index contributed by atoms with van der Waals surface area (Å²) in [7, 11) is 0.